The van der Waals surface area contributed by atoms with Crippen LogP contribution in [0.3, 0.4) is 0 Å². The molecular formula is C18H19Cl2NO3. The number of benzene rings is 1. The SMILES string of the molecule is O=C(Nc1ccc(Cl)c(Cl)c1)[C@H]1[C@@H](C2=CCOCC2)[C@@H]2CC[C@H]1O2. The molecule has 1 amide bonds. The normalized spacial score (nSPS) is 31.8. The van der Waals surface area contributed by atoms with Crippen LogP contribution in [0.5, 0.6) is 0 Å². The maximum atomic E-state index is 12.9. The highest BCUT2D eigenvalue weighted by Crippen LogP contribution is 2.48. The van der Waals surface area contributed by atoms with E-state index < -0.39 is 0 Å². The van der Waals surface area contributed by atoms with E-state index in [0.29, 0.717) is 22.3 Å². The van der Waals surface area contributed by atoms with Gasteiger partial charge >= 0.3 is 0 Å². The van der Waals surface area contributed by atoms with E-state index in [1.54, 1.807) is 18.2 Å². The fourth-order valence-corrected chi connectivity index (χ4v) is 4.42. The van der Waals surface area contributed by atoms with Crippen molar-refractivity contribution >= 4 is 34.8 Å². The Kier molecular flexibility index (Phi) is 4.56. The van der Waals surface area contributed by atoms with E-state index in [2.05, 4.69) is 11.4 Å². The smallest absolute Gasteiger partial charge is 0.230 e. The minimum atomic E-state index is -0.150. The van der Waals surface area contributed by atoms with Crippen LogP contribution in [0.15, 0.2) is 29.8 Å². The van der Waals surface area contributed by atoms with Gasteiger partial charge in [0.15, 0.2) is 0 Å². The van der Waals surface area contributed by atoms with Crippen LogP contribution in [0.1, 0.15) is 19.3 Å². The molecule has 1 aromatic carbocycles. The van der Waals surface area contributed by atoms with Crippen molar-refractivity contribution in [1.82, 2.24) is 0 Å². The van der Waals surface area contributed by atoms with Crippen LogP contribution in [0, 0.1) is 11.8 Å². The highest BCUT2D eigenvalue weighted by molar-refractivity contribution is 6.42. The van der Waals surface area contributed by atoms with Gasteiger partial charge in [0.05, 0.1) is 41.4 Å². The van der Waals surface area contributed by atoms with E-state index in [1.807, 2.05) is 0 Å². The summed E-state index contributed by atoms with van der Waals surface area (Å²) in [5.41, 5.74) is 1.97. The monoisotopic (exact) mass is 367 g/mol. The average Bonchev–Trinajstić information content (AvgIpc) is 3.20. The number of carbonyl (C=O) groups excluding carboxylic acids is 1. The van der Waals surface area contributed by atoms with Crippen LogP contribution < -0.4 is 5.32 Å². The molecule has 0 aliphatic carbocycles. The van der Waals surface area contributed by atoms with Crippen LogP contribution in [0.2, 0.25) is 10.0 Å². The molecule has 0 aromatic heterocycles. The second-order valence-corrected chi connectivity index (χ2v) is 7.38. The summed E-state index contributed by atoms with van der Waals surface area (Å²) in [6, 6.07) is 5.14. The summed E-state index contributed by atoms with van der Waals surface area (Å²) in [6.07, 6.45) is 5.15. The van der Waals surface area contributed by atoms with Crippen LogP contribution in [0.4, 0.5) is 5.69 Å². The molecule has 0 unspecified atom stereocenters. The van der Waals surface area contributed by atoms with Gasteiger partial charge in [0.2, 0.25) is 5.91 Å². The predicted molar refractivity (Wildman–Crippen MR) is 93.5 cm³/mol. The highest BCUT2D eigenvalue weighted by Gasteiger charge is 2.53. The van der Waals surface area contributed by atoms with Crippen LogP contribution in [-0.4, -0.2) is 31.3 Å². The Bertz CT molecular complexity index is 691. The molecule has 2 fully saturated rings. The van der Waals surface area contributed by atoms with Crippen LogP contribution in [-0.2, 0) is 14.3 Å². The lowest BCUT2D eigenvalue weighted by molar-refractivity contribution is -0.122. The molecule has 1 N–H and O–H groups in total. The molecule has 24 heavy (non-hydrogen) atoms. The second kappa shape index (κ2) is 6.68. The Morgan fingerprint density at radius 3 is 2.75 bits per heavy atom. The zero-order valence-electron chi connectivity index (χ0n) is 13.1. The van der Waals surface area contributed by atoms with Gasteiger partial charge in [0.25, 0.3) is 0 Å². The van der Waals surface area contributed by atoms with Crippen molar-refractivity contribution in [1.29, 1.82) is 0 Å². The first-order valence-corrected chi connectivity index (χ1v) is 9.07. The van der Waals surface area contributed by atoms with E-state index in [9.17, 15) is 4.79 Å². The quantitative estimate of drug-likeness (QED) is 0.819. The molecule has 3 aliphatic heterocycles. The van der Waals surface area contributed by atoms with E-state index >= 15 is 0 Å². The molecule has 4 atom stereocenters. The van der Waals surface area contributed by atoms with Gasteiger partial charge in [-0.05, 0) is 37.5 Å². The number of hydrogen-bond acceptors (Lipinski definition) is 3. The van der Waals surface area contributed by atoms with Gasteiger partial charge < -0.3 is 14.8 Å². The van der Waals surface area contributed by atoms with Crippen molar-refractivity contribution in [3.8, 4) is 0 Å². The Hall–Kier alpha value is -1.07. The number of hydrogen-bond donors (Lipinski definition) is 1. The number of carbonyl (C=O) groups is 1. The number of anilines is 1. The van der Waals surface area contributed by atoms with Crippen molar-refractivity contribution in [2.75, 3.05) is 18.5 Å². The highest BCUT2D eigenvalue weighted by atomic mass is 35.5. The summed E-state index contributed by atoms with van der Waals surface area (Å²) in [5.74, 6) is 0.0101. The second-order valence-electron chi connectivity index (χ2n) is 6.56. The van der Waals surface area contributed by atoms with Crippen molar-refractivity contribution in [3.05, 3.63) is 39.9 Å². The van der Waals surface area contributed by atoms with Crippen LogP contribution >= 0.6 is 23.2 Å². The van der Waals surface area contributed by atoms with E-state index in [1.165, 1.54) is 5.57 Å². The maximum Gasteiger partial charge on any atom is 0.230 e. The topological polar surface area (TPSA) is 47.6 Å². The fraction of sp³-hybridized carbons (Fsp3) is 0.500. The zero-order chi connectivity index (χ0) is 16.7. The van der Waals surface area contributed by atoms with Crippen molar-refractivity contribution in [3.63, 3.8) is 0 Å². The van der Waals surface area contributed by atoms with Gasteiger partial charge in [-0.25, -0.2) is 0 Å². The first-order valence-electron chi connectivity index (χ1n) is 8.31. The van der Waals surface area contributed by atoms with Crippen molar-refractivity contribution in [2.45, 2.75) is 31.5 Å². The summed E-state index contributed by atoms with van der Waals surface area (Å²) >= 11 is 12.0. The Labute approximate surface area is 151 Å². The number of amides is 1. The molecule has 2 saturated heterocycles. The Morgan fingerprint density at radius 2 is 2.00 bits per heavy atom. The number of nitrogens with one attached hydrogen (secondary N) is 1. The average molecular weight is 368 g/mol. The molecular weight excluding hydrogens is 349 g/mol. The molecule has 4 rings (SSSR count). The number of rotatable bonds is 3. The number of fused-ring (bicyclic) bond motifs is 2. The first kappa shape index (κ1) is 16.4. The molecule has 0 spiro atoms. The van der Waals surface area contributed by atoms with Gasteiger partial charge in [-0.3, -0.25) is 4.79 Å². The number of ether oxygens (including phenoxy) is 2. The van der Waals surface area contributed by atoms with Gasteiger partial charge in [0.1, 0.15) is 0 Å². The fourth-order valence-electron chi connectivity index (χ4n) is 4.12. The van der Waals surface area contributed by atoms with Gasteiger partial charge in [-0.15, -0.1) is 0 Å². The van der Waals surface area contributed by atoms with E-state index in [-0.39, 0.29) is 30.0 Å². The minimum absolute atomic E-state index is 0.00187. The molecule has 2 bridgehead atoms. The molecule has 0 saturated carbocycles. The molecule has 4 nitrogen and oxygen atoms in total. The third kappa shape index (κ3) is 2.97. The van der Waals surface area contributed by atoms with E-state index in [4.69, 9.17) is 32.7 Å². The molecule has 1 aromatic rings. The third-order valence-electron chi connectivity index (χ3n) is 5.19. The third-order valence-corrected chi connectivity index (χ3v) is 5.93. The molecule has 3 heterocycles. The minimum Gasteiger partial charge on any atom is -0.377 e. The molecule has 0 radical (unpaired) electrons. The van der Waals surface area contributed by atoms with Gasteiger partial charge in [-0.2, -0.15) is 0 Å². The maximum absolute atomic E-state index is 12.9. The Morgan fingerprint density at radius 1 is 1.17 bits per heavy atom. The summed E-state index contributed by atoms with van der Waals surface area (Å²) in [4.78, 5) is 12.9. The van der Waals surface area contributed by atoms with Crippen molar-refractivity contribution < 1.29 is 14.3 Å². The van der Waals surface area contributed by atoms with Crippen LogP contribution in [0.25, 0.3) is 0 Å². The first-order chi connectivity index (χ1) is 11.6. The van der Waals surface area contributed by atoms with Gasteiger partial charge in [0, 0.05) is 11.6 Å². The lowest BCUT2D eigenvalue weighted by atomic mass is 9.73. The largest absolute Gasteiger partial charge is 0.377 e. The zero-order valence-corrected chi connectivity index (χ0v) is 14.6. The van der Waals surface area contributed by atoms with Gasteiger partial charge in [-0.1, -0.05) is 34.9 Å². The lowest BCUT2D eigenvalue weighted by Crippen LogP contribution is -2.38. The summed E-state index contributed by atoms with van der Waals surface area (Å²) < 4.78 is 11.5. The lowest BCUT2D eigenvalue weighted by Gasteiger charge is -2.30. The summed E-state index contributed by atoms with van der Waals surface area (Å²) in [6.45, 7) is 1.35. The molecule has 128 valence electrons. The summed E-state index contributed by atoms with van der Waals surface area (Å²) in [5, 5.41) is 3.89. The Balaban J connectivity index is 1.55. The predicted octanol–water partition coefficient (Wildman–Crippen LogP) is 4.07. The molecule has 3 aliphatic rings. The summed E-state index contributed by atoms with van der Waals surface area (Å²) in [7, 11) is 0. The standard InChI is InChI=1S/C18H19Cl2NO3/c19-12-2-1-11(9-13(12)20)21-18(22)17-15-4-3-14(24-15)16(17)10-5-7-23-8-6-10/h1-2,5,9,14-17H,3-4,6-8H2,(H,21,22)/t14-,15+,16-,17+/m0/s1. The number of halogens is 2. The van der Waals surface area contributed by atoms with E-state index in [0.717, 1.165) is 25.9 Å². The van der Waals surface area contributed by atoms with Crippen molar-refractivity contribution in [2.24, 2.45) is 11.8 Å². The molecule has 6 heteroatoms.